The van der Waals surface area contributed by atoms with Crippen molar-refractivity contribution in [1.29, 1.82) is 0 Å². The van der Waals surface area contributed by atoms with Crippen LogP contribution in [0.2, 0.25) is 5.02 Å². The highest BCUT2D eigenvalue weighted by Gasteiger charge is 2.33. The summed E-state index contributed by atoms with van der Waals surface area (Å²) >= 11 is 6.27. The van der Waals surface area contributed by atoms with Crippen molar-refractivity contribution in [3.63, 3.8) is 0 Å². The molecule has 0 bridgehead atoms. The number of piperazine rings is 1. The zero-order valence-electron chi connectivity index (χ0n) is 35.6. The Morgan fingerprint density at radius 1 is 0.968 bits per heavy atom. The lowest BCUT2D eigenvalue weighted by molar-refractivity contribution is -0.384. The number of anilines is 2. The van der Waals surface area contributed by atoms with E-state index in [0.29, 0.717) is 18.2 Å². The first-order valence-corrected chi connectivity index (χ1v) is 23.5. The minimum atomic E-state index is -4.53. The van der Waals surface area contributed by atoms with Gasteiger partial charge in [-0.25, -0.2) is 13.1 Å². The highest BCUT2D eigenvalue weighted by Crippen LogP contribution is 2.45. The molecule has 8 rings (SSSR count). The normalized spacial score (nSPS) is 18.1. The van der Waals surface area contributed by atoms with Crippen molar-refractivity contribution in [3.05, 3.63) is 123 Å². The molecule has 1 atom stereocenters. The summed E-state index contributed by atoms with van der Waals surface area (Å²) in [6.07, 6.45) is 10.6. The SMILES string of the molecule is CC(C1=C(c2ccc(Cl)cc2)CC(C)(C)CC1)N1CCN(c2ccc(C(=O)NS(=O)(=O)c3ccc(NCC4CCCCC4)c([N+](=O)[O-])c3)c(Oc3ccc4[nH]ccc4c3)c2)CC1. The molecular formula is C48H55ClN6O6S. The van der Waals surface area contributed by atoms with Crippen LogP contribution in [0.1, 0.15) is 88.1 Å². The highest BCUT2D eigenvalue weighted by atomic mass is 35.5. The summed E-state index contributed by atoms with van der Waals surface area (Å²) < 4.78 is 36.0. The Balaban J connectivity index is 1.02. The number of amides is 1. The van der Waals surface area contributed by atoms with Crippen molar-refractivity contribution in [3.8, 4) is 11.5 Å². The number of nitrogens with one attached hydrogen (secondary N) is 3. The molecule has 1 saturated carbocycles. The van der Waals surface area contributed by atoms with Gasteiger partial charge < -0.3 is 19.9 Å². The van der Waals surface area contributed by atoms with E-state index in [2.05, 4.69) is 57.7 Å². The molecule has 5 aromatic rings. The van der Waals surface area contributed by atoms with Crippen molar-refractivity contribution in [2.45, 2.75) is 83.1 Å². The quantitative estimate of drug-likeness (QED) is 0.0776. The number of nitrogens with zero attached hydrogens (tertiary/aromatic N) is 3. The van der Waals surface area contributed by atoms with Crippen LogP contribution in [0.5, 0.6) is 11.5 Å². The number of hydrogen-bond donors (Lipinski definition) is 3. The van der Waals surface area contributed by atoms with Gasteiger partial charge in [0.2, 0.25) is 0 Å². The largest absolute Gasteiger partial charge is 0.456 e. The zero-order valence-corrected chi connectivity index (χ0v) is 37.2. The van der Waals surface area contributed by atoms with E-state index in [4.69, 9.17) is 16.3 Å². The number of rotatable bonds is 13. The Hall–Kier alpha value is -5.37. The third-order valence-electron chi connectivity index (χ3n) is 13.0. The third-order valence-corrected chi connectivity index (χ3v) is 14.6. The maximum Gasteiger partial charge on any atom is 0.293 e. The van der Waals surface area contributed by atoms with Gasteiger partial charge in [-0.1, -0.05) is 56.8 Å². The molecule has 1 aromatic heterocycles. The number of fused-ring (bicyclic) bond motifs is 1. The number of benzene rings is 4. The Kier molecular flexibility index (Phi) is 12.7. The van der Waals surface area contributed by atoms with Gasteiger partial charge >= 0.3 is 0 Å². The van der Waals surface area contributed by atoms with Gasteiger partial charge in [-0.3, -0.25) is 19.8 Å². The fraction of sp³-hybridized carbons (Fsp3) is 0.396. The number of carbonyl (C=O) groups is 1. The number of halogens is 1. The minimum absolute atomic E-state index is 0.000839. The van der Waals surface area contributed by atoms with Gasteiger partial charge in [0.05, 0.1) is 15.4 Å². The minimum Gasteiger partial charge on any atom is -0.456 e. The molecule has 2 fully saturated rings. The molecule has 1 unspecified atom stereocenters. The topological polar surface area (TPSA) is 150 Å². The fourth-order valence-electron chi connectivity index (χ4n) is 9.35. The Labute approximate surface area is 368 Å². The average Bonchev–Trinajstić information content (AvgIpc) is 3.74. The van der Waals surface area contributed by atoms with E-state index in [1.807, 2.05) is 42.6 Å². The molecule has 0 radical (unpaired) electrons. The first-order valence-electron chi connectivity index (χ1n) is 21.7. The van der Waals surface area contributed by atoms with Crippen LogP contribution in [-0.2, 0) is 10.0 Å². The lowest BCUT2D eigenvalue weighted by Gasteiger charge is -2.43. The zero-order chi connectivity index (χ0) is 43.6. The average molecular weight is 880 g/mol. The number of sulfonamides is 1. The number of aromatic amines is 1. The van der Waals surface area contributed by atoms with Crippen LogP contribution < -0.4 is 19.7 Å². The number of aromatic nitrogens is 1. The predicted molar refractivity (Wildman–Crippen MR) is 247 cm³/mol. The lowest BCUT2D eigenvalue weighted by Crippen LogP contribution is -2.50. The van der Waals surface area contributed by atoms with Crippen molar-refractivity contribution in [2.24, 2.45) is 11.3 Å². The van der Waals surface area contributed by atoms with Gasteiger partial charge in [-0.15, -0.1) is 0 Å². The number of allylic oxidation sites excluding steroid dienone is 1. The van der Waals surface area contributed by atoms with Crippen molar-refractivity contribution in [1.82, 2.24) is 14.6 Å². The summed E-state index contributed by atoms with van der Waals surface area (Å²) in [5.41, 5.74) is 5.97. The summed E-state index contributed by atoms with van der Waals surface area (Å²) in [5, 5.41) is 16.9. The van der Waals surface area contributed by atoms with Crippen LogP contribution >= 0.6 is 11.6 Å². The molecule has 12 nitrogen and oxygen atoms in total. The van der Waals surface area contributed by atoms with E-state index in [1.54, 1.807) is 18.2 Å². The molecule has 1 amide bonds. The van der Waals surface area contributed by atoms with Crippen LogP contribution in [-0.4, -0.2) is 67.9 Å². The van der Waals surface area contributed by atoms with E-state index >= 15 is 0 Å². The van der Waals surface area contributed by atoms with Gasteiger partial charge in [0.1, 0.15) is 17.2 Å². The van der Waals surface area contributed by atoms with Crippen LogP contribution in [0, 0.1) is 21.4 Å². The van der Waals surface area contributed by atoms with Crippen LogP contribution in [0.4, 0.5) is 17.1 Å². The molecular weight excluding hydrogens is 824 g/mol. The number of H-pyrrole nitrogens is 1. The molecule has 3 aliphatic rings. The molecule has 3 N–H and O–H groups in total. The summed E-state index contributed by atoms with van der Waals surface area (Å²) in [5.74, 6) is 0.128. The summed E-state index contributed by atoms with van der Waals surface area (Å²) in [7, 11) is -4.53. The summed E-state index contributed by atoms with van der Waals surface area (Å²) in [6.45, 7) is 10.7. The Morgan fingerprint density at radius 2 is 1.73 bits per heavy atom. The van der Waals surface area contributed by atoms with Gasteiger partial charge in [-0.2, -0.15) is 0 Å². The third kappa shape index (κ3) is 9.80. The van der Waals surface area contributed by atoms with Crippen LogP contribution in [0.15, 0.2) is 102 Å². The first kappa shape index (κ1) is 43.3. The number of nitro groups is 1. The van der Waals surface area contributed by atoms with Crippen LogP contribution in [0.3, 0.4) is 0 Å². The predicted octanol–water partition coefficient (Wildman–Crippen LogP) is 10.8. The number of carbonyl (C=O) groups excluding carboxylic acids is 1. The number of hydrogen-bond acceptors (Lipinski definition) is 9. The van der Waals surface area contributed by atoms with Gasteiger partial charge in [-0.05, 0) is 128 Å². The standard InChI is InChI=1S/C48H55ClN6O6S/c1-32(40-19-21-48(2,3)30-42(40)34-9-11-36(49)12-10-34)53-23-25-54(26-24-53)37-13-16-41(46(28-37)61-38-14-17-43-35(27-38)20-22-50-43)47(56)52-62(59,60)39-15-18-44(45(29-39)55(57)58)51-31-33-7-5-4-6-8-33/h9-18,20,22,27-29,32-33,50-51H,4-8,19,21,23-26,30-31H2,1-3H3,(H,52,56). The maximum atomic E-state index is 14.0. The van der Waals surface area contributed by atoms with E-state index in [0.717, 1.165) is 98.8 Å². The van der Waals surface area contributed by atoms with Crippen molar-refractivity contribution in [2.75, 3.05) is 42.9 Å². The highest BCUT2D eigenvalue weighted by molar-refractivity contribution is 7.90. The monoisotopic (exact) mass is 878 g/mol. The fourth-order valence-corrected chi connectivity index (χ4v) is 10.5. The molecule has 1 saturated heterocycles. The van der Waals surface area contributed by atoms with Crippen molar-refractivity contribution >= 4 is 61.1 Å². The van der Waals surface area contributed by atoms with Gasteiger partial charge in [0.15, 0.2) is 0 Å². The summed E-state index contributed by atoms with van der Waals surface area (Å²) in [4.78, 5) is 33.0. The van der Waals surface area contributed by atoms with Gasteiger partial charge in [0.25, 0.3) is 21.6 Å². The smallest absolute Gasteiger partial charge is 0.293 e. The lowest BCUT2D eigenvalue weighted by atomic mass is 9.71. The molecule has 326 valence electrons. The summed E-state index contributed by atoms with van der Waals surface area (Å²) in [6, 6.07) is 24.7. The Morgan fingerprint density at radius 3 is 2.47 bits per heavy atom. The molecule has 62 heavy (non-hydrogen) atoms. The van der Waals surface area contributed by atoms with Crippen LogP contribution in [0.25, 0.3) is 16.5 Å². The second-order valence-corrected chi connectivity index (χ2v) is 19.9. The number of nitro benzene ring substituents is 1. The second-order valence-electron chi connectivity index (χ2n) is 17.8. The van der Waals surface area contributed by atoms with E-state index in [9.17, 15) is 23.3 Å². The molecule has 4 aromatic carbocycles. The maximum absolute atomic E-state index is 14.0. The van der Waals surface area contributed by atoms with Crippen molar-refractivity contribution < 1.29 is 22.9 Å². The molecule has 14 heteroatoms. The van der Waals surface area contributed by atoms with Gasteiger partial charge in [0, 0.05) is 78.7 Å². The number of ether oxygens (including phenoxy) is 1. The Bertz CT molecular complexity index is 2590. The molecule has 0 spiro atoms. The second kappa shape index (κ2) is 18.2. The molecule has 2 heterocycles. The molecule has 2 aliphatic carbocycles. The van der Waals surface area contributed by atoms with E-state index < -0.39 is 25.7 Å². The first-order chi connectivity index (χ1) is 29.7. The molecule has 1 aliphatic heterocycles. The van der Waals surface area contributed by atoms with E-state index in [-0.39, 0.29) is 34.1 Å². The van der Waals surface area contributed by atoms with E-state index in [1.165, 1.54) is 35.3 Å².